The monoisotopic (exact) mass is 334 g/mol. The van der Waals surface area contributed by atoms with E-state index in [0.717, 1.165) is 22.4 Å². The van der Waals surface area contributed by atoms with Crippen molar-refractivity contribution in [2.75, 3.05) is 18.4 Å². The molecule has 2 aromatic rings. The van der Waals surface area contributed by atoms with Crippen molar-refractivity contribution in [2.24, 2.45) is 12.5 Å². The molecule has 0 aliphatic carbocycles. The van der Waals surface area contributed by atoms with Gasteiger partial charge in [-0.2, -0.15) is 5.26 Å². The maximum atomic E-state index is 12.6. The molecule has 25 heavy (non-hydrogen) atoms. The third-order valence-corrected chi connectivity index (χ3v) is 5.28. The summed E-state index contributed by atoms with van der Waals surface area (Å²) < 4.78 is 1.56. The number of nitriles is 1. The number of carbonyl (C=O) groups excluding carboxylic acids is 1. The summed E-state index contributed by atoms with van der Waals surface area (Å²) in [5.41, 5.74) is 3.31. The number of anilines is 1. The first-order valence-electron chi connectivity index (χ1n) is 8.27. The van der Waals surface area contributed by atoms with Crippen molar-refractivity contribution >= 4 is 11.6 Å². The largest absolute Gasteiger partial charge is 0.325 e. The Balaban J connectivity index is 1.72. The molecule has 1 N–H and O–H groups in total. The minimum atomic E-state index is -0.523. The minimum absolute atomic E-state index is 0.00704. The number of fused-ring (bicyclic) bond motifs is 1. The molecule has 6 heteroatoms. The van der Waals surface area contributed by atoms with E-state index in [1.54, 1.807) is 22.6 Å². The number of aromatic nitrogens is 1. The van der Waals surface area contributed by atoms with E-state index in [0.29, 0.717) is 25.9 Å². The first kappa shape index (κ1) is 15.5. The number of carbonyl (C=O) groups is 1. The van der Waals surface area contributed by atoms with Gasteiger partial charge >= 0.3 is 0 Å². The number of hydrogen-bond acceptors (Lipinski definition) is 4. The van der Waals surface area contributed by atoms with Crippen LogP contribution in [-0.2, 0) is 18.3 Å². The van der Waals surface area contributed by atoms with Crippen LogP contribution in [0.2, 0.25) is 0 Å². The lowest BCUT2D eigenvalue weighted by Crippen LogP contribution is -2.43. The smallest absolute Gasteiger partial charge is 0.250 e. The SMILES string of the molecule is Cn1cc(-c2ccc3c(c2)CC2(CCN(C#N)C2)C(=O)N3)ccc1=O. The highest BCUT2D eigenvalue weighted by molar-refractivity contribution is 5.99. The summed E-state index contributed by atoms with van der Waals surface area (Å²) in [6, 6.07) is 9.31. The topological polar surface area (TPSA) is 78.1 Å². The van der Waals surface area contributed by atoms with E-state index in [9.17, 15) is 9.59 Å². The van der Waals surface area contributed by atoms with Crippen LogP contribution in [0.4, 0.5) is 5.69 Å². The average Bonchev–Trinajstić information content (AvgIpc) is 3.02. The average molecular weight is 334 g/mol. The Morgan fingerprint density at radius 2 is 2.00 bits per heavy atom. The first-order chi connectivity index (χ1) is 12.0. The molecule has 0 radical (unpaired) electrons. The van der Waals surface area contributed by atoms with Gasteiger partial charge in [0.25, 0.3) is 0 Å². The number of nitrogens with one attached hydrogen (secondary N) is 1. The fraction of sp³-hybridized carbons (Fsp3) is 0.316. The standard InChI is InChI=1S/C19H18N4O2/c1-22-10-14(3-5-17(22)24)13-2-4-16-15(8-13)9-19(18(25)21-16)6-7-23(11-19)12-20/h2-5,8,10H,6-7,9,11H2,1H3,(H,21,25). The molecule has 1 atom stereocenters. The summed E-state index contributed by atoms with van der Waals surface area (Å²) in [7, 11) is 1.73. The summed E-state index contributed by atoms with van der Waals surface area (Å²) in [5, 5.41) is 12.1. The third kappa shape index (κ3) is 2.49. The molecule has 2 aliphatic heterocycles. The van der Waals surface area contributed by atoms with Crippen LogP contribution in [0.15, 0.2) is 41.3 Å². The second kappa shape index (κ2) is 5.49. The zero-order chi connectivity index (χ0) is 17.6. The molecule has 1 unspecified atom stereocenters. The zero-order valence-electron chi connectivity index (χ0n) is 14.0. The maximum Gasteiger partial charge on any atom is 0.250 e. The number of pyridine rings is 1. The Bertz CT molecular complexity index is 972. The van der Waals surface area contributed by atoms with Crippen LogP contribution < -0.4 is 10.9 Å². The normalized spacial score (nSPS) is 21.8. The first-order valence-corrected chi connectivity index (χ1v) is 8.27. The predicted molar refractivity (Wildman–Crippen MR) is 93.7 cm³/mol. The molecule has 1 spiro atoms. The summed E-state index contributed by atoms with van der Waals surface area (Å²) in [6.07, 6.45) is 5.28. The molecule has 1 fully saturated rings. The van der Waals surface area contributed by atoms with Gasteiger partial charge in [-0.15, -0.1) is 0 Å². The highest BCUT2D eigenvalue weighted by Gasteiger charge is 2.47. The fourth-order valence-corrected chi connectivity index (χ4v) is 3.79. The van der Waals surface area contributed by atoms with Crippen LogP contribution in [0.5, 0.6) is 0 Å². The Hall–Kier alpha value is -3.07. The number of hydrogen-bond donors (Lipinski definition) is 1. The van der Waals surface area contributed by atoms with Crippen molar-refractivity contribution < 1.29 is 4.79 Å². The highest BCUT2D eigenvalue weighted by atomic mass is 16.2. The summed E-state index contributed by atoms with van der Waals surface area (Å²) in [4.78, 5) is 25.8. The highest BCUT2D eigenvalue weighted by Crippen LogP contribution is 2.41. The number of aryl methyl sites for hydroxylation is 1. The van der Waals surface area contributed by atoms with Crippen LogP contribution in [0, 0.1) is 16.9 Å². The molecular formula is C19H18N4O2. The Labute approximate surface area is 145 Å². The minimum Gasteiger partial charge on any atom is -0.325 e. The quantitative estimate of drug-likeness (QED) is 0.806. The lowest BCUT2D eigenvalue weighted by molar-refractivity contribution is -0.125. The lowest BCUT2D eigenvalue weighted by Gasteiger charge is -2.33. The van der Waals surface area contributed by atoms with Crippen LogP contribution >= 0.6 is 0 Å². The van der Waals surface area contributed by atoms with Gasteiger partial charge < -0.3 is 14.8 Å². The molecule has 1 amide bonds. The summed E-state index contributed by atoms with van der Waals surface area (Å²) in [6.45, 7) is 1.10. The van der Waals surface area contributed by atoms with Gasteiger partial charge in [-0.25, -0.2) is 0 Å². The number of amides is 1. The van der Waals surface area contributed by atoms with E-state index in [1.165, 1.54) is 0 Å². The molecule has 4 rings (SSSR count). The van der Waals surface area contributed by atoms with Crippen molar-refractivity contribution in [1.82, 2.24) is 9.47 Å². The summed E-state index contributed by atoms with van der Waals surface area (Å²) in [5.74, 6) is 0.00704. The Kier molecular flexibility index (Phi) is 3.39. The Morgan fingerprint density at radius 3 is 2.72 bits per heavy atom. The number of nitrogens with zero attached hydrogens (tertiary/aromatic N) is 3. The van der Waals surface area contributed by atoms with Crippen LogP contribution in [0.1, 0.15) is 12.0 Å². The maximum absolute atomic E-state index is 12.6. The van der Waals surface area contributed by atoms with Gasteiger partial charge in [0, 0.05) is 38.1 Å². The lowest BCUT2D eigenvalue weighted by atomic mass is 9.76. The van der Waals surface area contributed by atoms with Crippen molar-refractivity contribution in [1.29, 1.82) is 5.26 Å². The molecule has 6 nitrogen and oxygen atoms in total. The third-order valence-electron chi connectivity index (χ3n) is 5.28. The number of benzene rings is 1. The summed E-state index contributed by atoms with van der Waals surface area (Å²) >= 11 is 0. The zero-order valence-corrected chi connectivity index (χ0v) is 14.0. The van der Waals surface area contributed by atoms with E-state index in [2.05, 4.69) is 17.6 Å². The van der Waals surface area contributed by atoms with Crippen LogP contribution in [0.3, 0.4) is 0 Å². The van der Waals surface area contributed by atoms with E-state index in [1.807, 2.05) is 24.4 Å². The molecule has 0 bridgehead atoms. The number of rotatable bonds is 1. The van der Waals surface area contributed by atoms with Gasteiger partial charge in [-0.3, -0.25) is 9.59 Å². The fourth-order valence-electron chi connectivity index (χ4n) is 3.79. The second-order valence-electron chi connectivity index (χ2n) is 6.92. The van der Waals surface area contributed by atoms with Gasteiger partial charge in [0.05, 0.1) is 5.41 Å². The van der Waals surface area contributed by atoms with Crippen LogP contribution in [0.25, 0.3) is 11.1 Å². The van der Waals surface area contributed by atoms with Crippen molar-refractivity contribution in [2.45, 2.75) is 12.8 Å². The molecule has 2 aliphatic rings. The van der Waals surface area contributed by atoms with Gasteiger partial charge in [-0.1, -0.05) is 6.07 Å². The number of likely N-dealkylation sites (tertiary alicyclic amines) is 1. The molecule has 0 saturated carbocycles. The molecule has 3 heterocycles. The Morgan fingerprint density at radius 1 is 1.20 bits per heavy atom. The van der Waals surface area contributed by atoms with Crippen molar-refractivity contribution in [3.8, 4) is 17.3 Å². The van der Waals surface area contributed by atoms with Gasteiger partial charge in [-0.05, 0) is 47.7 Å². The van der Waals surface area contributed by atoms with Gasteiger partial charge in [0.1, 0.15) is 0 Å². The van der Waals surface area contributed by atoms with Gasteiger partial charge in [0.2, 0.25) is 11.5 Å². The molecular weight excluding hydrogens is 316 g/mol. The van der Waals surface area contributed by atoms with E-state index >= 15 is 0 Å². The molecule has 126 valence electrons. The second-order valence-corrected chi connectivity index (χ2v) is 6.92. The van der Waals surface area contributed by atoms with Crippen LogP contribution in [-0.4, -0.2) is 28.5 Å². The molecule has 1 aromatic heterocycles. The van der Waals surface area contributed by atoms with Crippen molar-refractivity contribution in [3.63, 3.8) is 0 Å². The van der Waals surface area contributed by atoms with Gasteiger partial charge in [0.15, 0.2) is 6.19 Å². The van der Waals surface area contributed by atoms with E-state index in [4.69, 9.17) is 5.26 Å². The molecule has 1 saturated heterocycles. The van der Waals surface area contributed by atoms with E-state index in [-0.39, 0.29) is 11.5 Å². The predicted octanol–water partition coefficient (Wildman–Crippen LogP) is 1.72. The van der Waals surface area contributed by atoms with E-state index < -0.39 is 5.41 Å². The van der Waals surface area contributed by atoms with Crippen molar-refractivity contribution in [3.05, 3.63) is 52.4 Å². The molecule has 1 aromatic carbocycles.